The number of carbonyl (C=O) groups excluding carboxylic acids is 4. The molecule has 0 saturated heterocycles. The molecule has 9 nitrogen and oxygen atoms in total. The lowest BCUT2D eigenvalue weighted by Gasteiger charge is -2.32. The first-order valence-electron chi connectivity index (χ1n) is 11.2. The second kappa shape index (κ2) is 13.2. The minimum atomic E-state index is -1.01. The van der Waals surface area contributed by atoms with Gasteiger partial charge in [-0.1, -0.05) is 23.8 Å². The smallest absolute Gasteiger partial charge is 0.408 e. The summed E-state index contributed by atoms with van der Waals surface area (Å²) in [6.45, 7) is 11.0. The van der Waals surface area contributed by atoms with Gasteiger partial charge in [-0.05, 0) is 52.7 Å². The van der Waals surface area contributed by atoms with E-state index in [9.17, 15) is 19.2 Å². The van der Waals surface area contributed by atoms with Crippen LogP contribution >= 0.6 is 12.6 Å². The van der Waals surface area contributed by atoms with Crippen LogP contribution in [0, 0.1) is 13.8 Å². The summed E-state index contributed by atoms with van der Waals surface area (Å²) in [4.78, 5) is 51.6. The van der Waals surface area contributed by atoms with Gasteiger partial charge >= 0.3 is 12.1 Å². The molecule has 2 unspecified atom stereocenters. The van der Waals surface area contributed by atoms with Gasteiger partial charge in [0.05, 0.1) is 13.0 Å². The number of ether oxygens (including phenoxy) is 2. The van der Waals surface area contributed by atoms with E-state index in [2.05, 4.69) is 23.3 Å². The van der Waals surface area contributed by atoms with Gasteiger partial charge in [0.2, 0.25) is 11.8 Å². The highest BCUT2D eigenvalue weighted by atomic mass is 32.1. The van der Waals surface area contributed by atoms with Crippen LogP contribution in [0.15, 0.2) is 18.2 Å². The predicted molar refractivity (Wildman–Crippen MR) is 133 cm³/mol. The molecule has 0 heterocycles. The maximum atomic E-state index is 13.3. The maximum Gasteiger partial charge on any atom is 0.408 e. The molecule has 3 amide bonds. The third-order valence-electron chi connectivity index (χ3n) is 4.81. The summed E-state index contributed by atoms with van der Waals surface area (Å²) in [7, 11) is 1.49. The Hall–Kier alpha value is -2.75. The summed E-state index contributed by atoms with van der Waals surface area (Å²) in [6, 6.07) is 3.57. The van der Waals surface area contributed by atoms with Gasteiger partial charge in [-0.2, -0.15) is 12.6 Å². The Morgan fingerprint density at radius 3 is 2.32 bits per heavy atom. The van der Waals surface area contributed by atoms with Crippen LogP contribution in [0.1, 0.15) is 56.8 Å². The number of amides is 3. The number of alkyl carbamates (subject to hydrolysis) is 1. The predicted octanol–water partition coefficient (Wildman–Crippen LogP) is 2.70. The molecule has 0 bridgehead atoms. The summed E-state index contributed by atoms with van der Waals surface area (Å²) in [5.74, 6) is -1.38. The normalized spacial score (nSPS) is 12.8. The fourth-order valence-corrected chi connectivity index (χ4v) is 3.53. The number of benzene rings is 1. The molecule has 0 saturated carbocycles. The molecule has 2 atom stereocenters. The lowest BCUT2D eigenvalue weighted by Crippen LogP contribution is -2.52. The molecular weight excluding hydrogens is 458 g/mol. The summed E-state index contributed by atoms with van der Waals surface area (Å²) in [5.41, 5.74) is 1.73. The van der Waals surface area contributed by atoms with Gasteiger partial charge in [0.1, 0.15) is 17.7 Å². The molecule has 0 fully saturated rings. The molecule has 0 spiro atoms. The van der Waals surface area contributed by atoms with Crippen molar-refractivity contribution in [3.05, 3.63) is 34.9 Å². The topological polar surface area (TPSA) is 114 Å². The van der Waals surface area contributed by atoms with Crippen LogP contribution in [-0.4, -0.2) is 66.4 Å². The highest BCUT2D eigenvalue weighted by Gasteiger charge is 2.34. The number of likely N-dealkylation sites (N-methyl/N-ethyl adjacent to an activating group) is 1. The van der Waals surface area contributed by atoms with E-state index >= 15 is 0 Å². The van der Waals surface area contributed by atoms with Crippen molar-refractivity contribution in [2.24, 2.45) is 0 Å². The van der Waals surface area contributed by atoms with Gasteiger partial charge in [-0.3, -0.25) is 14.4 Å². The first-order valence-corrected chi connectivity index (χ1v) is 11.8. The van der Waals surface area contributed by atoms with Crippen molar-refractivity contribution >= 4 is 36.5 Å². The molecule has 1 aromatic carbocycles. The monoisotopic (exact) mass is 495 g/mol. The van der Waals surface area contributed by atoms with Gasteiger partial charge < -0.3 is 25.0 Å². The van der Waals surface area contributed by atoms with Crippen LogP contribution in [-0.2, 0) is 23.9 Å². The van der Waals surface area contributed by atoms with Crippen molar-refractivity contribution < 1.29 is 28.7 Å². The van der Waals surface area contributed by atoms with E-state index in [1.807, 2.05) is 26.0 Å². The number of aryl methyl sites for hydroxylation is 2. The van der Waals surface area contributed by atoms with E-state index in [1.54, 1.807) is 33.8 Å². The number of nitrogens with one attached hydrogen (secondary N) is 2. The average molecular weight is 496 g/mol. The minimum absolute atomic E-state index is 0.00644. The summed E-state index contributed by atoms with van der Waals surface area (Å²) >= 11 is 4.21. The zero-order chi connectivity index (χ0) is 26.1. The highest BCUT2D eigenvalue weighted by Crippen LogP contribution is 2.25. The van der Waals surface area contributed by atoms with Crippen molar-refractivity contribution in [3.8, 4) is 0 Å². The number of thiol groups is 1. The molecule has 1 aromatic rings. The summed E-state index contributed by atoms with van der Waals surface area (Å²) in [6.07, 6.45) is -0.744. The van der Waals surface area contributed by atoms with Gasteiger partial charge in [0.15, 0.2) is 0 Å². The number of rotatable bonds is 10. The zero-order valence-electron chi connectivity index (χ0n) is 21.1. The minimum Gasteiger partial charge on any atom is -0.466 e. The van der Waals surface area contributed by atoms with Gasteiger partial charge in [0, 0.05) is 19.3 Å². The van der Waals surface area contributed by atoms with Crippen LogP contribution in [0.2, 0.25) is 0 Å². The van der Waals surface area contributed by atoms with Crippen LogP contribution in [0.4, 0.5) is 4.79 Å². The van der Waals surface area contributed by atoms with Crippen molar-refractivity contribution in [3.63, 3.8) is 0 Å². The lowest BCUT2D eigenvalue weighted by atomic mass is 9.97. The molecule has 0 aliphatic rings. The fourth-order valence-electron chi connectivity index (χ4n) is 3.28. The highest BCUT2D eigenvalue weighted by molar-refractivity contribution is 7.80. The fraction of sp³-hybridized carbons (Fsp3) is 0.583. The molecule has 1 rings (SSSR count). The van der Waals surface area contributed by atoms with E-state index in [-0.39, 0.29) is 25.3 Å². The summed E-state index contributed by atoms with van der Waals surface area (Å²) < 4.78 is 10.1. The first-order chi connectivity index (χ1) is 15.8. The van der Waals surface area contributed by atoms with Crippen LogP contribution < -0.4 is 10.6 Å². The Morgan fingerprint density at radius 1 is 1.15 bits per heavy atom. The van der Waals surface area contributed by atoms with Crippen LogP contribution in [0.25, 0.3) is 0 Å². The Kier molecular flexibility index (Phi) is 11.4. The molecule has 0 aliphatic heterocycles. The largest absolute Gasteiger partial charge is 0.466 e. The van der Waals surface area contributed by atoms with Crippen LogP contribution in [0.5, 0.6) is 0 Å². The van der Waals surface area contributed by atoms with Gasteiger partial charge in [0.25, 0.3) is 0 Å². The molecule has 10 heteroatoms. The first kappa shape index (κ1) is 29.3. The average Bonchev–Trinajstić information content (AvgIpc) is 2.72. The number of hydrogen-bond acceptors (Lipinski definition) is 7. The molecule has 2 N–H and O–H groups in total. The second-order valence-electron chi connectivity index (χ2n) is 8.94. The molecule has 190 valence electrons. The van der Waals surface area contributed by atoms with E-state index in [1.165, 1.54) is 11.9 Å². The Balaban J connectivity index is 3.14. The number of hydrogen-bond donors (Lipinski definition) is 3. The Morgan fingerprint density at radius 2 is 1.79 bits per heavy atom. The number of nitrogens with zero attached hydrogens (tertiary/aromatic N) is 1. The maximum absolute atomic E-state index is 13.3. The lowest BCUT2D eigenvalue weighted by molar-refractivity contribution is -0.143. The van der Waals surface area contributed by atoms with Gasteiger partial charge in [-0.25, -0.2) is 4.79 Å². The van der Waals surface area contributed by atoms with Gasteiger partial charge in [-0.15, -0.1) is 0 Å². The Labute approximate surface area is 207 Å². The van der Waals surface area contributed by atoms with Crippen molar-refractivity contribution in [2.45, 2.75) is 65.6 Å². The molecule has 0 radical (unpaired) electrons. The second-order valence-corrected chi connectivity index (χ2v) is 9.30. The quantitative estimate of drug-likeness (QED) is 0.340. The van der Waals surface area contributed by atoms with E-state index in [0.29, 0.717) is 5.56 Å². The van der Waals surface area contributed by atoms with E-state index < -0.39 is 41.6 Å². The third-order valence-corrected chi connectivity index (χ3v) is 5.17. The van der Waals surface area contributed by atoms with Crippen LogP contribution in [0.3, 0.4) is 0 Å². The van der Waals surface area contributed by atoms with Crippen molar-refractivity contribution in [1.82, 2.24) is 15.5 Å². The molecular formula is C24H37N3O6S. The molecule has 0 aliphatic carbocycles. The SMILES string of the molecule is CCOC(=O)CCNC(=O)C(c1ccc(C)cc1C)N(C)C(=O)C(CS)NC(=O)OC(C)(C)C. The number of carbonyl (C=O) groups is 4. The van der Waals surface area contributed by atoms with Crippen molar-refractivity contribution in [1.29, 1.82) is 0 Å². The van der Waals surface area contributed by atoms with Crippen molar-refractivity contribution in [2.75, 3.05) is 26.0 Å². The summed E-state index contributed by atoms with van der Waals surface area (Å²) in [5, 5.41) is 5.24. The molecule has 34 heavy (non-hydrogen) atoms. The third kappa shape index (κ3) is 9.24. The van der Waals surface area contributed by atoms with E-state index in [4.69, 9.17) is 9.47 Å². The number of esters is 1. The molecule has 0 aromatic heterocycles. The Bertz CT molecular complexity index is 884. The van der Waals surface area contributed by atoms with E-state index in [0.717, 1.165) is 11.1 Å². The zero-order valence-corrected chi connectivity index (χ0v) is 22.0. The standard InChI is InChI=1S/C24H37N3O6S/c1-8-32-19(28)11-12-25-21(29)20(17-10-9-15(2)13-16(17)3)27(7)22(30)18(14-34)26-23(31)33-24(4,5)6/h9-10,13,18,20,34H,8,11-12,14H2,1-7H3,(H,25,29)(H,26,31).